The Labute approximate surface area is 228 Å². The van der Waals surface area contributed by atoms with Crippen LogP contribution in [-0.4, -0.2) is 29.2 Å². The van der Waals surface area contributed by atoms with E-state index < -0.39 is 17.7 Å². The molecule has 9 nitrogen and oxygen atoms in total. The van der Waals surface area contributed by atoms with Crippen molar-refractivity contribution in [1.82, 2.24) is 9.99 Å². The van der Waals surface area contributed by atoms with Crippen molar-refractivity contribution in [2.45, 2.75) is 6.54 Å². The number of fused-ring (bicyclic) bond motifs is 2. The molecular formula is C25H17BrCl2N4O5. The van der Waals surface area contributed by atoms with Gasteiger partial charge in [-0.25, -0.2) is 4.68 Å². The summed E-state index contributed by atoms with van der Waals surface area (Å²) < 4.78 is 12.6. The number of benzene rings is 3. The summed E-state index contributed by atoms with van der Waals surface area (Å²) in [7, 11) is 0. The van der Waals surface area contributed by atoms with Crippen molar-refractivity contribution in [3.63, 3.8) is 0 Å². The van der Waals surface area contributed by atoms with Crippen molar-refractivity contribution < 1.29 is 23.9 Å². The molecule has 1 aliphatic rings. The van der Waals surface area contributed by atoms with Crippen molar-refractivity contribution >= 4 is 73.4 Å². The molecular weight excluding hydrogens is 587 g/mol. The van der Waals surface area contributed by atoms with Gasteiger partial charge in [0.15, 0.2) is 11.5 Å². The Morgan fingerprint density at radius 3 is 2.51 bits per heavy atom. The maximum absolute atomic E-state index is 13.1. The maximum atomic E-state index is 13.1. The molecule has 0 saturated carbocycles. The van der Waals surface area contributed by atoms with Crippen molar-refractivity contribution in [2.24, 2.45) is 0 Å². The topological polar surface area (TPSA) is 111 Å². The van der Waals surface area contributed by atoms with Crippen LogP contribution in [0.4, 0.5) is 5.69 Å². The summed E-state index contributed by atoms with van der Waals surface area (Å²) in [5.74, 6) is -1.19. The van der Waals surface area contributed by atoms with E-state index in [-0.39, 0.29) is 24.1 Å². The van der Waals surface area contributed by atoms with Crippen LogP contribution in [0, 0.1) is 0 Å². The molecule has 0 spiro atoms. The zero-order valence-electron chi connectivity index (χ0n) is 18.8. The highest BCUT2D eigenvalue weighted by Gasteiger charge is 2.22. The van der Waals surface area contributed by atoms with Crippen LogP contribution in [-0.2, 0) is 16.1 Å². The Balaban J connectivity index is 1.35. The standard InChI is InChI=1S/C25H17BrCl2N4O5/c26-15-2-5-19-14(8-15)9-20(23(33)30-16-3-4-17(27)18(28)10-16)32(19)31-25(35)24(34)29-11-13-1-6-21-22(7-13)37-12-36-21/h1-10H,11-12H2,(H,29,34)(H,30,33)(H,31,35). The zero-order valence-corrected chi connectivity index (χ0v) is 21.9. The third kappa shape index (κ3) is 5.36. The third-order valence-electron chi connectivity index (χ3n) is 5.48. The molecule has 0 fully saturated rings. The van der Waals surface area contributed by atoms with E-state index in [0.29, 0.717) is 33.1 Å². The molecule has 0 atom stereocenters. The lowest BCUT2D eigenvalue weighted by Crippen LogP contribution is -2.39. The summed E-state index contributed by atoms with van der Waals surface area (Å²) in [5, 5.41) is 6.57. The summed E-state index contributed by atoms with van der Waals surface area (Å²) in [6, 6.07) is 16.7. The summed E-state index contributed by atoms with van der Waals surface area (Å²) >= 11 is 15.4. The van der Waals surface area contributed by atoms with Gasteiger partial charge < -0.3 is 20.1 Å². The number of nitrogens with zero attached hydrogens (tertiary/aromatic N) is 1. The van der Waals surface area contributed by atoms with E-state index >= 15 is 0 Å². The van der Waals surface area contributed by atoms with Gasteiger partial charge in [0.2, 0.25) is 6.79 Å². The molecule has 0 bridgehead atoms. The van der Waals surface area contributed by atoms with Gasteiger partial charge in [0.1, 0.15) is 5.69 Å². The van der Waals surface area contributed by atoms with E-state index in [1.165, 1.54) is 10.7 Å². The number of rotatable bonds is 5. The fraction of sp³-hybridized carbons (Fsp3) is 0.0800. The van der Waals surface area contributed by atoms with Crippen LogP contribution >= 0.6 is 39.1 Å². The predicted octanol–water partition coefficient (Wildman–Crippen LogP) is 5.08. The van der Waals surface area contributed by atoms with Crippen LogP contribution in [0.5, 0.6) is 11.5 Å². The average Bonchev–Trinajstić information content (AvgIpc) is 3.48. The molecule has 1 aromatic heterocycles. The SMILES string of the molecule is O=C(NCc1ccc2c(c1)OCO2)C(=O)Nn1c(C(=O)Nc2ccc(Cl)c(Cl)c2)cc2cc(Br)ccc21. The molecule has 3 amide bonds. The van der Waals surface area contributed by atoms with E-state index in [4.69, 9.17) is 32.7 Å². The summed E-state index contributed by atoms with van der Waals surface area (Å²) in [4.78, 5) is 38.5. The minimum absolute atomic E-state index is 0.0902. The van der Waals surface area contributed by atoms with Crippen LogP contribution in [0.2, 0.25) is 10.0 Å². The Morgan fingerprint density at radius 2 is 1.70 bits per heavy atom. The van der Waals surface area contributed by atoms with Gasteiger partial charge in [0.05, 0.1) is 15.6 Å². The van der Waals surface area contributed by atoms with Crippen LogP contribution in [0.3, 0.4) is 0 Å². The first-order valence-electron chi connectivity index (χ1n) is 10.8. The van der Waals surface area contributed by atoms with Gasteiger partial charge in [0.25, 0.3) is 5.91 Å². The average molecular weight is 604 g/mol. The first kappa shape index (κ1) is 24.9. The largest absolute Gasteiger partial charge is 0.454 e. The van der Waals surface area contributed by atoms with Crippen LogP contribution in [0.1, 0.15) is 16.1 Å². The van der Waals surface area contributed by atoms with E-state index in [1.807, 2.05) is 0 Å². The lowest BCUT2D eigenvalue weighted by atomic mass is 10.2. The molecule has 188 valence electrons. The van der Waals surface area contributed by atoms with Crippen LogP contribution in [0.25, 0.3) is 10.9 Å². The van der Waals surface area contributed by atoms with E-state index in [1.54, 1.807) is 54.6 Å². The van der Waals surface area contributed by atoms with Gasteiger partial charge in [-0.2, -0.15) is 0 Å². The van der Waals surface area contributed by atoms with Crippen molar-refractivity contribution in [3.05, 3.63) is 86.4 Å². The molecule has 12 heteroatoms. The fourth-order valence-corrected chi connectivity index (χ4v) is 4.39. The monoisotopic (exact) mass is 602 g/mol. The third-order valence-corrected chi connectivity index (χ3v) is 6.72. The molecule has 0 radical (unpaired) electrons. The minimum atomic E-state index is -0.954. The molecule has 1 aliphatic heterocycles. The normalized spacial score (nSPS) is 11.9. The highest BCUT2D eigenvalue weighted by molar-refractivity contribution is 9.10. The second kappa shape index (κ2) is 10.3. The van der Waals surface area contributed by atoms with Crippen LogP contribution in [0.15, 0.2) is 65.1 Å². The predicted molar refractivity (Wildman–Crippen MR) is 143 cm³/mol. The second-order valence-electron chi connectivity index (χ2n) is 7.96. The van der Waals surface area contributed by atoms with Gasteiger partial charge in [-0.3, -0.25) is 19.8 Å². The maximum Gasteiger partial charge on any atom is 0.328 e. The summed E-state index contributed by atoms with van der Waals surface area (Å²) in [6.45, 7) is 0.225. The molecule has 0 aliphatic carbocycles. The Morgan fingerprint density at radius 1 is 0.892 bits per heavy atom. The first-order valence-corrected chi connectivity index (χ1v) is 12.4. The van der Waals surface area contributed by atoms with Gasteiger partial charge >= 0.3 is 11.8 Å². The van der Waals surface area contributed by atoms with E-state index in [2.05, 4.69) is 32.0 Å². The van der Waals surface area contributed by atoms with Crippen molar-refractivity contribution in [2.75, 3.05) is 17.5 Å². The van der Waals surface area contributed by atoms with Gasteiger partial charge in [0, 0.05) is 22.1 Å². The Bertz CT molecular complexity index is 1570. The first-order chi connectivity index (χ1) is 17.8. The van der Waals surface area contributed by atoms with E-state index in [9.17, 15) is 14.4 Å². The second-order valence-corrected chi connectivity index (χ2v) is 9.69. The number of carbonyl (C=O) groups is 3. The summed E-state index contributed by atoms with van der Waals surface area (Å²) in [5.41, 5.74) is 4.26. The minimum Gasteiger partial charge on any atom is -0.454 e. The molecule has 0 unspecified atom stereocenters. The smallest absolute Gasteiger partial charge is 0.328 e. The van der Waals surface area contributed by atoms with Crippen LogP contribution < -0.4 is 25.5 Å². The molecule has 5 rings (SSSR count). The lowest BCUT2D eigenvalue weighted by molar-refractivity contribution is -0.136. The van der Waals surface area contributed by atoms with Crippen molar-refractivity contribution in [1.29, 1.82) is 0 Å². The number of carbonyl (C=O) groups excluding carboxylic acids is 3. The molecule has 3 aromatic carbocycles. The molecule has 4 aromatic rings. The van der Waals surface area contributed by atoms with E-state index in [0.717, 1.165) is 10.0 Å². The number of nitrogens with one attached hydrogen (secondary N) is 3. The Hall–Kier alpha value is -3.73. The fourth-order valence-electron chi connectivity index (χ4n) is 3.71. The van der Waals surface area contributed by atoms with Gasteiger partial charge in [-0.1, -0.05) is 45.2 Å². The molecule has 0 saturated heterocycles. The highest BCUT2D eigenvalue weighted by Crippen LogP contribution is 2.32. The number of hydrogen-bond acceptors (Lipinski definition) is 5. The quantitative estimate of drug-likeness (QED) is 0.276. The Kier molecular flexibility index (Phi) is 6.96. The zero-order chi connectivity index (χ0) is 26.1. The number of amides is 3. The molecule has 2 heterocycles. The molecule has 3 N–H and O–H groups in total. The lowest BCUT2D eigenvalue weighted by Gasteiger charge is -2.13. The number of ether oxygens (including phenoxy) is 2. The van der Waals surface area contributed by atoms with Gasteiger partial charge in [-0.15, -0.1) is 0 Å². The van der Waals surface area contributed by atoms with Crippen molar-refractivity contribution in [3.8, 4) is 11.5 Å². The number of aromatic nitrogens is 1. The number of hydrogen-bond donors (Lipinski definition) is 3. The highest BCUT2D eigenvalue weighted by atomic mass is 79.9. The molecule has 37 heavy (non-hydrogen) atoms. The number of anilines is 1. The summed E-state index contributed by atoms with van der Waals surface area (Å²) in [6.07, 6.45) is 0. The number of halogens is 3. The van der Waals surface area contributed by atoms with Gasteiger partial charge in [-0.05, 0) is 60.2 Å².